The zero-order valence-corrected chi connectivity index (χ0v) is 27.3. The van der Waals surface area contributed by atoms with Gasteiger partial charge in [0.2, 0.25) is 0 Å². The van der Waals surface area contributed by atoms with E-state index < -0.39 is 6.98 Å². The van der Waals surface area contributed by atoms with Crippen molar-refractivity contribution in [2.24, 2.45) is 6.98 Å². The van der Waals surface area contributed by atoms with Crippen molar-refractivity contribution in [2.45, 2.75) is 65.2 Å². The Morgan fingerprint density at radius 1 is 0.881 bits per heavy atom. The summed E-state index contributed by atoms with van der Waals surface area (Å²) in [5.74, 6) is 2.04. The first-order chi connectivity index (χ1) is 21.1. The monoisotopic (exact) mass is 740 g/mol. The van der Waals surface area contributed by atoms with E-state index in [1.54, 1.807) is 0 Å². The molecule has 6 rings (SSSR count). The van der Waals surface area contributed by atoms with Crippen LogP contribution in [-0.2, 0) is 43.6 Å². The second kappa shape index (κ2) is 10.7. The molecule has 0 N–H and O–H groups in total. The molecule has 0 atom stereocenters. The van der Waals surface area contributed by atoms with Gasteiger partial charge in [-0.1, -0.05) is 20.8 Å². The molecule has 0 fully saturated rings. The number of aromatic nitrogens is 3. The molecule has 6 heteroatoms. The topological polar surface area (TPSA) is 35.2 Å². The summed E-state index contributed by atoms with van der Waals surface area (Å²) in [6.45, 7) is 11.6. The van der Waals surface area contributed by atoms with Crippen LogP contribution >= 0.6 is 0 Å². The summed E-state index contributed by atoms with van der Waals surface area (Å²) in [7, 11) is 0. The van der Waals surface area contributed by atoms with Crippen molar-refractivity contribution in [2.75, 3.05) is 11.4 Å². The van der Waals surface area contributed by atoms with Crippen molar-refractivity contribution >= 4 is 22.5 Å². The van der Waals surface area contributed by atoms with Crippen LogP contribution in [0.2, 0.25) is 0 Å². The zero-order chi connectivity index (χ0) is 32.3. The average molecular weight is 741 g/mol. The number of aryl methyl sites for hydroxylation is 2. The summed E-state index contributed by atoms with van der Waals surface area (Å²) in [6, 6.07) is 27.0. The number of rotatable bonds is 4. The molecule has 0 saturated heterocycles. The van der Waals surface area contributed by atoms with E-state index in [4.69, 9.17) is 13.8 Å². The van der Waals surface area contributed by atoms with Crippen molar-refractivity contribution in [3.8, 4) is 17.2 Å². The van der Waals surface area contributed by atoms with Gasteiger partial charge in [-0.05, 0) is 17.0 Å². The third-order valence-corrected chi connectivity index (χ3v) is 8.85. The Bertz CT molecular complexity index is 1960. The van der Waals surface area contributed by atoms with Gasteiger partial charge < -0.3 is 0 Å². The molecule has 0 aliphatic carbocycles. The van der Waals surface area contributed by atoms with Crippen molar-refractivity contribution in [1.29, 1.82) is 0 Å². The Kier molecular flexibility index (Phi) is 6.39. The van der Waals surface area contributed by atoms with Crippen LogP contribution in [-0.4, -0.2) is 20.7 Å². The van der Waals surface area contributed by atoms with Crippen LogP contribution in [0.25, 0.3) is 16.7 Å². The van der Waals surface area contributed by atoms with E-state index >= 15 is 0 Å². The molecule has 0 bridgehead atoms. The van der Waals surface area contributed by atoms with E-state index in [-0.39, 0.29) is 10.8 Å². The van der Waals surface area contributed by atoms with E-state index in [1.807, 2.05) is 47.2 Å². The molecule has 0 spiro atoms. The average Bonchev–Trinajstić information content (AvgIpc) is 3.28. The van der Waals surface area contributed by atoms with Gasteiger partial charge in [-0.3, -0.25) is 0 Å². The fourth-order valence-corrected chi connectivity index (χ4v) is 6.22. The maximum atomic E-state index is 8.23. The number of benzene rings is 3. The van der Waals surface area contributed by atoms with Gasteiger partial charge in [-0.2, -0.15) is 0 Å². The van der Waals surface area contributed by atoms with Crippen LogP contribution in [0.15, 0.2) is 66.9 Å². The molecule has 1 aliphatic heterocycles. The number of hydrogen-bond acceptors (Lipinski definition) is 3. The number of pyridine rings is 1. The maximum absolute atomic E-state index is 8.23. The number of anilines is 2. The van der Waals surface area contributed by atoms with Gasteiger partial charge in [-0.25, -0.2) is 0 Å². The van der Waals surface area contributed by atoms with E-state index in [0.29, 0.717) is 26.5 Å². The van der Waals surface area contributed by atoms with E-state index in [1.165, 1.54) is 15.7 Å². The molecule has 0 unspecified atom stereocenters. The summed E-state index contributed by atoms with van der Waals surface area (Å²) in [6.07, 6.45) is 3.90. The van der Waals surface area contributed by atoms with Gasteiger partial charge >= 0.3 is 221 Å². The Hall–Kier alpha value is -3.43. The van der Waals surface area contributed by atoms with Crippen molar-refractivity contribution in [3.05, 3.63) is 99.5 Å². The number of imidazole rings is 1. The zero-order valence-electron chi connectivity index (χ0n) is 28.0. The number of fused-ring (bicyclic) bond motifs is 2. The van der Waals surface area contributed by atoms with Crippen LogP contribution in [0.3, 0.4) is 0 Å². The van der Waals surface area contributed by atoms with Gasteiger partial charge in [0.05, 0.1) is 0 Å². The Labute approximate surface area is 264 Å². The van der Waals surface area contributed by atoms with Gasteiger partial charge in [0.15, 0.2) is 0 Å². The predicted octanol–water partition coefficient (Wildman–Crippen LogP) is 8.51. The summed E-state index contributed by atoms with van der Waals surface area (Å²) in [5.41, 5.74) is 6.42. The number of para-hydroxylation sites is 2. The summed E-state index contributed by atoms with van der Waals surface area (Å²) in [4.78, 5) is 6.98. The molecular weight excluding hydrogens is 700 g/mol. The Morgan fingerprint density at radius 3 is 2.38 bits per heavy atom. The quantitative estimate of drug-likeness (QED) is 0.174. The van der Waals surface area contributed by atoms with Gasteiger partial charge in [-0.15, -0.1) is 0 Å². The van der Waals surface area contributed by atoms with Gasteiger partial charge in [0.25, 0.3) is 0 Å². The summed E-state index contributed by atoms with van der Waals surface area (Å²) >= 11 is 2.10. The molecule has 3 aromatic carbocycles. The molecule has 0 radical (unpaired) electrons. The molecule has 5 nitrogen and oxygen atoms in total. The van der Waals surface area contributed by atoms with Crippen molar-refractivity contribution in [1.82, 2.24) is 14.1 Å². The standard InChI is InChI=1S/C36H38N4O.Pt/c1-35(2,3)26-16-17-37-34(21-26)39-18-10-11-25-14-15-29(23-33(25)39)41-30-20-27(36(4,5)6)19-28(22-30)40-24-38(7)31-12-8-9-13-32(31)40;/h8-9,12-17,19-21H,10-11,18H2,1-7H3;/q-2;/i7D3;. The van der Waals surface area contributed by atoms with Crippen LogP contribution in [0.5, 0.6) is 11.5 Å². The molecule has 0 amide bonds. The number of hydrogen-bond donors (Lipinski definition) is 0. The van der Waals surface area contributed by atoms with Crippen LogP contribution in [0, 0.1) is 15.9 Å². The first kappa shape index (κ1) is 25.1. The summed E-state index contributed by atoms with van der Waals surface area (Å²) in [5, 5.41) is 0. The predicted molar refractivity (Wildman–Crippen MR) is 167 cm³/mol. The number of nitrogens with zero attached hydrogens (tertiary/aromatic N) is 4. The Morgan fingerprint density at radius 2 is 1.64 bits per heavy atom. The molecule has 1 aliphatic rings. The molecule has 0 saturated carbocycles. The molecule has 220 valence electrons. The second-order valence-corrected chi connectivity index (χ2v) is 14.0. The van der Waals surface area contributed by atoms with E-state index in [9.17, 15) is 0 Å². The first-order valence-corrected chi connectivity index (χ1v) is 15.5. The molecule has 2 aromatic heterocycles. The summed E-state index contributed by atoms with van der Waals surface area (Å²) < 4.78 is 35.1. The van der Waals surface area contributed by atoms with Gasteiger partial charge in [0.1, 0.15) is 0 Å². The molecule has 42 heavy (non-hydrogen) atoms. The third-order valence-electron chi connectivity index (χ3n) is 7.83. The molecule has 5 aromatic rings. The fraction of sp³-hybridized carbons (Fsp3) is 0.333. The second-order valence-electron chi connectivity index (χ2n) is 13.0. The minimum absolute atomic E-state index is 0.0161. The van der Waals surface area contributed by atoms with E-state index in [0.717, 1.165) is 42.0 Å². The minimum atomic E-state index is -2.34. The van der Waals surface area contributed by atoms with Crippen molar-refractivity contribution in [3.63, 3.8) is 0 Å². The molecular formula is C36H38N4OPt-2. The Balaban J connectivity index is 1.44. The van der Waals surface area contributed by atoms with Crippen LogP contribution < -0.4 is 9.64 Å². The first-order valence-electron chi connectivity index (χ1n) is 15.8. The SMILES string of the molecule is [2H]C([2H])([2H])n1[c](=[Pt])n(-c2[c-]c(Oc3[c-]c4c(cc3)CCCN4c3cc(C(C)(C)C)ccn3)cc(C(C)(C)C)c2)c2ccccc21. The number of ether oxygens (including phenoxy) is 1. The van der Waals surface area contributed by atoms with E-state index in [2.05, 4.69) is 102 Å². The van der Waals surface area contributed by atoms with Crippen LogP contribution in [0.1, 0.15) is 68.8 Å². The van der Waals surface area contributed by atoms with Gasteiger partial charge in [0, 0.05) is 6.20 Å². The third kappa shape index (κ3) is 5.40. The molecule has 3 heterocycles. The van der Waals surface area contributed by atoms with Crippen molar-refractivity contribution < 1.29 is 28.2 Å². The van der Waals surface area contributed by atoms with Crippen LogP contribution in [0.4, 0.5) is 11.5 Å². The fourth-order valence-electron chi connectivity index (χ4n) is 5.40. The normalized spacial score (nSPS) is 15.2.